The van der Waals surface area contributed by atoms with Crippen molar-refractivity contribution in [1.29, 1.82) is 0 Å². The van der Waals surface area contributed by atoms with Gasteiger partial charge in [-0.15, -0.1) is 0 Å². The van der Waals surface area contributed by atoms with Gasteiger partial charge in [0.1, 0.15) is 17.2 Å². The van der Waals surface area contributed by atoms with Crippen LogP contribution >= 0.6 is 0 Å². The number of anilines is 2. The van der Waals surface area contributed by atoms with Gasteiger partial charge in [-0.3, -0.25) is 0 Å². The predicted octanol–water partition coefficient (Wildman–Crippen LogP) is 8.51. The summed E-state index contributed by atoms with van der Waals surface area (Å²) in [5.74, 6) is 4.40. The third kappa shape index (κ3) is 8.40. The summed E-state index contributed by atoms with van der Waals surface area (Å²) >= 11 is 0. The van der Waals surface area contributed by atoms with Gasteiger partial charge in [-0.05, 0) is 82.0 Å². The molecular formula is C36H48N6O2. The predicted molar refractivity (Wildman–Crippen MR) is 184 cm³/mol. The maximum absolute atomic E-state index is 6.28. The summed E-state index contributed by atoms with van der Waals surface area (Å²) in [7, 11) is 0. The van der Waals surface area contributed by atoms with Crippen LogP contribution in [-0.4, -0.2) is 41.7 Å². The summed E-state index contributed by atoms with van der Waals surface area (Å²) < 4.78 is 12.5. The molecule has 0 amide bonds. The number of hydrazone groups is 1. The number of ether oxygens (including phenoxy) is 2. The summed E-state index contributed by atoms with van der Waals surface area (Å²) in [4.78, 5) is 12.5. The molecule has 2 aromatic rings. The highest BCUT2D eigenvalue weighted by atomic mass is 16.5. The second kappa shape index (κ2) is 15.9. The number of aromatic nitrogens is 1. The van der Waals surface area contributed by atoms with Crippen molar-refractivity contribution >= 4 is 23.6 Å². The van der Waals surface area contributed by atoms with Crippen LogP contribution in [0.15, 0.2) is 82.5 Å². The fraction of sp³-hybridized carbons (Fsp3) is 0.417. The molecule has 1 atom stereocenters. The molecule has 44 heavy (non-hydrogen) atoms. The van der Waals surface area contributed by atoms with Crippen molar-refractivity contribution in [2.75, 3.05) is 29.9 Å². The minimum absolute atomic E-state index is 0.421. The number of fused-ring (bicyclic) bond motifs is 1. The molecule has 0 bridgehead atoms. The first kappa shape index (κ1) is 32.6. The first-order chi connectivity index (χ1) is 21.4. The average Bonchev–Trinajstić information content (AvgIpc) is 3.17. The number of nitrogens with zero attached hydrogens (tertiary/aromatic N) is 5. The maximum Gasteiger partial charge on any atom is 0.172 e. The Labute approximate surface area is 263 Å². The number of hydrogen-bond donors (Lipinski definition) is 1. The molecule has 0 spiro atoms. The smallest absolute Gasteiger partial charge is 0.172 e. The van der Waals surface area contributed by atoms with E-state index in [4.69, 9.17) is 19.5 Å². The molecule has 2 aliphatic rings. The van der Waals surface area contributed by atoms with Crippen molar-refractivity contribution in [3.63, 3.8) is 0 Å². The Bertz CT molecular complexity index is 1470. The number of benzene rings is 1. The van der Waals surface area contributed by atoms with E-state index in [1.54, 1.807) is 6.21 Å². The number of rotatable bonds is 11. The Morgan fingerprint density at radius 3 is 2.73 bits per heavy atom. The number of pyridine rings is 1. The number of aliphatic imine (C=N–C) groups is 1. The van der Waals surface area contributed by atoms with E-state index in [9.17, 15) is 0 Å². The zero-order chi connectivity index (χ0) is 31.5. The maximum atomic E-state index is 6.28. The monoisotopic (exact) mass is 596 g/mol. The number of aryl methyl sites for hydroxylation is 2. The van der Waals surface area contributed by atoms with E-state index in [0.29, 0.717) is 18.4 Å². The van der Waals surface area contributed by atoms with Crippen LogP contribution in [0.25, 0.3) is 0 Å². The van der Waals surface area contributed by atoms with Crippen molar-refractivity contribution in [2.45, 2.75) is 74.1 Å². The SMILES string of the molecule is C/C=N\N1C=CC(Oc2ccc(NC(=N/C=C/CCC)c3nc4c(cc3C)OCC(C)CN4CCCC)cc2C)=C/C1=C\C. The van der Waals surface area contributed by atoms with E-state index >= 15 is 0 Å². The van der Waals surface area contributed by atoms with Crippen LogP contribution < -0.4 is 19.7 Å². The number of amidine groups is 1. The number of hydrogen-bond acceptors (Lipinski definition) is 7. The molecule has 1 aromatic carbocycles. The van der Waals surface area contributed by atoms with Gasteiger partial charge in [-0.1, -0.05) is 45.8 Å². The molecule has 3 heterocycles. The highest BCUT2D eigenvalue weighted by molar-refractivity contribution is 6.08. The molecule has 0 saturated carbocycles. The summed E-state index contributed by atoms with van der Waals surface area (Å²) in [6.45, 7) is 17.2. The number of allylic oxidation sites excluding steroid dienone is 4. The molecule has 2 aliphatic heterocycles. The molecule has 0 radical (unpaired) electrons. The van der Waals surface area contributed by atoms with E-state index < -0.39 is 0 Å². The van der Waals surface area contributed by atoms with Gasteiger partial charge in [0.2, 0.25) is 0 Å². The molecule has 8 heteroatoms. The van der Waals surface area contributed by atoms with Crippen LogP contribution in [0.2, 0.25) is 0 Å². The van der Waals surface area contributed by atoms with Gasteiger partial charge in [-0.25, -0.2) is 15.0 Å². The van der Waals surface area contributed by atoms with E-state index in [-0.39, 0.29) is 0 Å². The standard InChI is InChI=1S/C36H48N6O2/c1-8-12-14-18-37-35(34-28(7)22-33-36(40-34)41(19-13-9-2)24-26(5)25-43-33)39-29-15-16-32(27(6)21-29)44-31-17-20-42(38-11-4)30(10-3)23-31/h10-11,14-18,20-23,26H,8-9,12-13,19,24-25H2,1-7H3,(H,37,39)/b18-14+,30-10+,38-11-. The molecule has 0 fully saturated rings. The van der Waals surface area contributed by atoms with Crippen molar-refractivity contribution in [3.8, 4) is 11.5 Å². The lowest BCUT2D eigenvalue weighted by Crippen LogP contribution is -2.30. The fourth-order valence-corrected chi connectivity index (χ4v) is 5.07. The fourth-order valence-electron chi connectivity index (χ4n) is 5.07. The normalized spacial score (nSPS) is 18.1. The third-order valence-electron chi connectivity index (χ3n) is 7.42. The van der Waals surface area contributed by atoms with Gasteiger partial charge >= 0.3 is 0 Å². The number of nitrogens with one attached hydrogen (secondary N) is 1. The minimum atomic E-state index is 0.421. The van der Waals surface area contributed by atoms with Crippen LogP contribution in [0.4, 0.5) is 11.5 Å². The van der Waals surface area contributed by atoms with Crippen LogP contribution in [0.1, 0.15) is 77.1 Å². The molecule has 234 valence electrons. The largest absolute Gasteiger partial charge is 0.489 e. The van der Waals surface area contributed by atoms with Crippen molar-refractivity contribution in [3.05, 3.63) is 89.2 Å². The van der Waals surface area contributed by atoms with E-state index in [1.807, 2.05) is 68.5 Å². The molecule has 8 nitrogen and oxygen atoms in total. The molecule has 1 N–H and O–H groups in total. The lowest BCUT2D eigenvalue weighted by Gasteiger charge is -2.25. The van der Waals surface area contributed by atoms with E-state index in [0.717, 1.165) is 90.1 Å². The summed E-state index contributed by atoms with van der Waals surface area (Å²) in [5, 5.41) is 9.75. The van der Waals surface area contributed by atoms with Gasteiger partial charge in [0.05, 0.1) is 12.3 Å². The van der Waals surface area contributed by atoms with Crippen molar-refractivity contribution in [2.24, 2.45) is 16.0 Å². The Hall–Kier alpha value is -4.33. The number of unbranched alkanes of at least 4 members (excludes halogenated alkanes) is 2. The molecule has 0 aliphatic carbocycles. The molecule has 1 aromatic heterocycles. The van der Waals surface area contributed by atoms with E-state index in [1.165, 1.54) is 0 Å². The molecule has 4 rings (SSSR count). The quantitative estimate of drug-likeness (QED) is 0.207. The summed E-state index contributed by atoms with van der Waals surface area (Å²) in [6, 6.07) is 8.19. The van der Waals surface area contributed by atoms with Crippen LogP contribution in [-0.2, 0) is 0 Å². The van der Waals surface area contributed by atoms with E-state index in [2.05, 4.69) is 61.2 Å². The first-order valence-electron chi connectivity index (χ1n) is 15.9. The van der Waals surface area contributed by atoms with Crippen molar-refractivity contribution < 1.29 is 9.47 Å². The van der Waals surface area contributed by atoms with Gasteiger partial charge in [0.25, 0.3) is 0 Å². The van der Waals surface area contributed by atoms with Crippen molar-refractivity contribution in [1.82, 2.24) is 9.99 Å². The Kier molecular flexibility index (Phi) is 11.8. The Morgan fingerprint density at radius 2 is 2.00 bits per heavy atom. The van der Waals surface area contributed by atoms with Gasteiger partial charge in [-0.2, -0.15) is 5.10 Å². The van der Waals surface area contributed by atoms with Crippen LogP contribution in [0.5, 0.6) is 11.5 Å². The highest BCUT2D eigenvalue weighted by Crippen LogP contribution is 2.33. The summed E-state index contributed by atoms with van der Waals surface area (Å²) in [5.41, 5.74) is 4.69. The van der Waals surface area contributed by atoms with Gasteiger partial charge in [0, 0.05) is 49.4 Å². The van der Waals surface area contributed by atoms with Crippen LogP contribution in [0, 0.1) is 19.8 Å². The zero-order valence-corrected chi connectivity index (χ0v) is 27.4. The second-order valence-corrected chi connectivity index (χ2v) is 11.3. The third-order valence-corrected chi connectivity index (χ3v) is 7.42. The average molecular weight is 597 g/mol. The Morgan fingerprint density at radius 1 is 1.16 bits per heavy atom. The highest BCUT2D eigenvalue weighted by Gasteiger charge is 2.24. The first-order valence-corrected chi connectivity index (χ1v) is 15.9. The zero-order valence-electron chi connectivity index (χ0n) is 27.4. The lowest BCUT2D eigenvalue weighted by molar-refractivity contribution is 0.273. The van der Waals surface area contributed by atoms with Gasteiger partial charge in [0.15, 0.2) is 17.4 Å². The lowest BCUT2D eigenvalue weighted by atomic mass is 10.1. The molecule has 0 saturated heterocycles. The molecule has 1 unspecified atom stereocenters. The Balaban J connectivity index is 1.63. The topological polar surface area (TPSA) is 74.6 Å². The van der Waals surface area contributed by atoms with Gasteiger partial charge < -0.3 is 19.7 Å². The molecular weight excluding hydrogens is 548 g/mol. The summed E-state index contributed by atoms with van der Waals surface area (Å²) in [6.07, 6.45) is 17.8. The minimum Gasteiger partial charge on any atom is -0.489 e. The van der Waals surface area contributed by atoms with Crippen LogP contribution in [0.3, 0.4) is 0 Å². The second-order valence-electron chi connectivity index (χ2n) is 11.3.